The van der Waals surface area contributed by atoms with E-state index in [2.05, 4.69) is 4.74 Å². The van der Waals surface area contributed by atoms with Crippen LogP contribution in [0.25, 0.3) is 10.9 Å². The van der Waals surface area contributed by atoms with E-state index in [9.17, 15) is 29.1 Å². The van der Waals surface area contributed by atoms with Crippen molar-refractivity contribution < 1.29 is 43.3 Å². The third kappa shape index (κ3) is 3.51. The molecule has 1 atom stereocenters. The van der Waals surface area contributed by atoms with Crippen LogP contribution in [0.3, 0.4) is 0 Å². The number of carbonyl (C=O) groups is 5. The summed E-state index contributed by atoms with van der Waals surface area (Å²) in [6, 6.07) is 6.54. The third-order valence-electron chi connectivity index (χ3n) is 5.83. The largest absolute Gasteiger partial charge is 0.481 e. The fourth-order valence-electron chi connectivity index (χ4n) is 4.46. The van der Waals surface area contributed by atoms with E-state index in [1.54, 1.807) is 24.3 Å². The molecule has 2 aromatic rings. The normalized spacial score (nSPS) is 16.8. The number of fused-ring (bicyclic) bond motifs is 3. The SMILES string of the molecule is COC(=O)CCC1CC(C(=O)OC)(C(=O)OC)c2c(CC(=O)O)c3ccccc3n2C1=O. The minimum absolute atomic E-state index is 0.0153. The summed E-state index contributed by atoms with van der Waals surface area (Å²) in [5.41, 5.74) is -1.64. The molecule has 0 amide bonds. The van der Waals surface area contributed by atoms with E-state index in [1.807, 2.05) is 0 Å². The average Bonchev–Trinajstić information content (AvgIpc) is 3.12. The highest BCUT2D eigenvalue weighted by molar-refractivity contribution is 6.12. The molecule has 10 heteroatoms. The van der Waals surface area contributed by atoms with Crippen LogP contribution in [0.15, 0.2) is 24.3 Å². The molecular weight excluding hydrogens is 422 g/mol. The highest BCUT2D eigenvalue weighted by atomic mass is 16.5. The molecule has 1 aliphatic heterocycles. The van der Waals surface area contributed by atoms with Crippen LogP contribution >= 0.6 is 0 Å². The molecule has 0 aliphatic carbocycles. The second kappa shape index (κ2) is 8.81. The Balaban J connectivity index is 2.38. The monoisotopic (exact) mass is 445 g/mol. The van der Waals surface area contributed by atoms with Crippen LogP contribution in [0, 0.1) is 5.92 Å². The van der Waals surface area contributed by atoms with Crippen LogP contribution < -0.4 is 0 Å². The van der Waals surface area contributed by atoms with E-state index in [0.29, 0.717) is 10.9 Å². The summed E-state index contributed by atoms with van der Waals surface area (Å²) in [6.07, 6.45) is -0.951. The van der Waals surface area contributed by atoms with Crippen molar-refractivity contribution in [2.45, 2.75) is 31.1 Å². The molecule has 1 aromatic heterocycles. The lowest BCUT2D eigenvalue weighted by Crippen LogP contribution is -2.54. The molecule has 10 nitrogen and oxygen atoms in total. The predicted octanol–water partition coefficient (Wildman–Crippen LogP) is 1.47. The van der Waals surface area contributed by atoms with E-state index in [0.717, 1.165) is 14.2 Å². The number of carboxylic acids is 1. The molecule has 0 fully saturated rings. The Morgan fingerprint density at radius 1 is 1.06 bits per heavy atom. The van der Waals surface area contributed by atoms with Crippen molar-refractivity contribution in [2.24, 2.45) is 5.92 Å². The number of aromatic nitrogens is 1. The Bertz CT molecular complexity index is 1100. The van der Waals surface area contributed by atoms with E-state index >= 15 is 0 Å². The summed E-state index contributed by atoms with van der Waals surface area (Å²) in [4.78, 5) is 63.1. The number of esters is 3. The maximum Gasteiger partial charge on any atom is 0.329 e. The number of carboxylic acid groups (broad SMARTS) is 1. The molecule has 1 N–H and O–H groups in total. The Morgan fingerprint density at radius 3 is 2.25 bits per heavy atom. The Morgan fingerprint density at radius 2 is 1.69 bits per heavy atom. The van der Waals surface area contributed by atoms with Gasteiger partial charge in [-0.1, -0.05) is 18.2 Å². The first-order valence-corrected chi connectivity index (χ1v) is 9.85. The molecule has 2 heterocycles. The zero-order chi connectivity index (χ0) is 23.6. The second-order valence-corrected chi connectivity index (χ2v) is 7.49. The lowest BCUT2D eigenvalue weighted by Gasteiger charge is -2.37. The molecule has 0 spiro atoms. The van der Waals surface area contributed by atoms with Gasteiger partial charge in [0.25, 0.3) is 0 Å². The van der Waals surface area contributed by atoms with Crippen molar-refractivity contribution in [3.05, 3.63) is 35.5 Å². The molecule has 3 rings (SSSR count). The summed E-state index contributed by atoms with van der Waals surface area (Å²) in [5.74, 6) is -5.08. The van der Waals surface area contributed by atoms with Gasteiger partial charge < -0.3 is 19.3 Å². The van der Waals surface area contributed by atoms with Gasteiger partial charge in [0.1, 0.15) is 0 Å². The summed E-state index contributed by atoms with van der Waals surface area (Å²) in [7, 11) is 3.40. The quantitative estimate of drug-likeness (QED) is 0.381. The molecule has 0 saturated carbocycles. The van der Waals surface area contributed by atoms with Gasteiger partial charge in [0.05, 0.1) is 39.0 Å². The number of benzene rings is 1. The Kier molecular flexibility index (Phi) is 6.33. The van der Waals surface area contributed by atoms with Gasteiger partial charge in [0, 0.05) is 17.7 Å². The van der Waals surface area contributed by atoms with Crippen molar-refractivity contribution in [1.82, 2.24) is 4.57 Å². The second-order valence-electron chi connectivity index (χ2n) is 7.49. The van der Waals surface area contributed by atoms with Gasteiger partial charge in [-0.05, 0) is 24.5 Å². The zero-order valence-electron chi connectivity index (χ0n) is 17.9. The number of aliphatic carboxylic acids is 1. The number of methoxy groups -OCH3 is 3. The average molecular weight is 445 g/mol. The van der Waals surface area contributed by atoms with E-state index in [4.69, 9.17) is 9.47 Å². The Labute approximate surface area is 183 Å². The van der Waals surface area contributed by atoms with Crippen LogP contribution in [0.4, 0.5) is 0 Å². The minimum atomic E-state index is -2.08. The summed E-state index contributed by atoms with van der Waals surface area (Å²) in [5, 5.41) is 9.94. The minimum Gasteiger partial charge on any atom is -0.481 e. The fourth-order valence-corrected chi connectivity index (χ4v) is 4.46. The standard InChI is InChI=1S/C22H23NO9/c1-30-17(26)9-8-12-11-22(20(28)31-2,21(29)32-3)18-14(10-16(24)25)13-6-4-5-7-15(13)23(18)19(12)27/h4-7,12H,8-11H2,1-3H3,(H,24,25). The van der Waals surface area contributed by atoms with Gasteiger partial charge in [-0.2, -0.15) is 0 Å². The molecule has 32 heavy (non-hydrogen) atoms. The van der Waals surface area contributed by atoms with Crippen LogP contribution in [-0.4, -0.2) is 60.8 Å². The highest BCUT2D eigenvalue weighted by Crippen LogP contribution is 2.46. The van der Waals surface area contributed by atoms with Crippen molar-refractivity contribution in [2.75, 3.05) is 21.3 Å². The molecule has 1 unspecified atom stereocenters. The number of para-hydroxylation sites is 1. The maximum absolute atomic E-state index is 13.5. The topological polar surface area (TPSA) is 138 Å². The van der Waals surface area contributed by atoms with Gasteiger partial charge in [-0.15, -0.1) is 0 Å². The van der Waals surface area contributed by atoms with Crippen LogP contribution in [0.1, 0.15) is 35.3 Å². The number of hydrogen-bond donors (Lipinski definition) is 1. The van der Waals surface area contributed by atoms with Crippen molar-refractivity contribution in [3.8, 4) is 0 Å². The lowest BCUT2D eigenvalue weighted by atomic mass is 9.70. The van der Waals surface area contributed by atoms with Gasteiger partial charge in [0.2, 0.25) is 11.3 Å². The molecule has 1 aliphatic rings. The smallest absolute Gasteiger partial charge is 0.329 e. The van der Waals surface area contributed by atoms with Crippen LogP contribution in [0.5, 0.6) is 0 Å². The number of carbonyl (C=O) groups excluding carboxylic acids is 4. The summed E-state index contributed by atoms with van der Waals surface area (Å²) < 4.78 is 15.8. The van der Waals surface area contributed by atoms with Gasteiger partial charge >= 0.3 is 23.9 Å². The third-order valence-corrected chi connectivity index (χ3v) is 5.83. The lowest BCUT2D eigenvalue weighted by molar-refractivity contribution is -0.164. The van der Waals surface area contributed by atoms with Gasteiger partial charge in [0.15, 0.2) is 0 Å². The molecule has 1 aromatic carbocycles. The Hall–Kier alpha value is -3.69. The van der Waals surface area contributed by atoms with Crippen LogP contribution in [0.2, 0.25) is 0 Å². The van der Waals surface area contributed by atoms with E-state index in [-0.39, 0.29) is 30.5 Å². The van der Waals surface area contributed by atoms with Crippen molar-refractivity contribution in [3.63, 3.8) is 0 Å². The summed E-state index contributed by atoms with van der Waals surface area (Å²) in [6.45, 7) is 0. The maximum atomic E-state index is 13.5. The van der Waals surface area contributed by atoms with E-state index < -0.39 is 47.5 Å². The number of ether oxygens (including phenoxy) is 3. The van der Waals surface area contributed by atoms with Crippen molar-refractivity contribution >= 4 is 40.7 Å². The first-order chi connectivity index (χ1) is 15.2. The van der Waals surface area contributed by atoms with Crippen molar-refractivity contribution in [1.29, 1.82) is 0 Å². The molecule has 0 saturated heterocycles. The molecule has 0 radical (unpaired) electrons. The molecular formula is C22H23NO9. The van der Waals surface area contributed by atoms with Gasteiger partial charge in [-0.25, -0.2) is 0 Å². The molecule has 170 valence electrons. The highest BCUT2D eigenvalue weighted by Gasteiger charge is 2.59. The zero-order valence-corrected chi connectivity index (χ0v) is 17.9. The predicted molar refractivity (Wildman–Crippen MR) is 109 cm³/mol. The van der Waals surface area contributed by atoms with E-state index in [1.165, 1.54) is 11.7 Å². The fraction of sp³-hybridized carbons (Fsp3) is 0.409. The number of rotatable bonds is 7. The van der Waals surface area contributed by atoms with Gasteiger partial charge in [-0.3, -0.25) is 28.5 Å². The first kappa shape index (κ1) is 23.0. The summed E-state index contributed by atoms with van der Waals surface area (Å²) >= 11 is 0. The molecule has 0 bridgehead atoms. The number of hydrogen-bond acceptors (Lipinski definition) is 8. The first-order valence-electron chi connectivity index (χ1n) is 9.85. The number of nitrogens with zero attached hydrogens (tertiary/aromatic N) is 1. The van der Waals surface area contributed by atoms with Crippen LogP contribution in [-0.2, 0) is 45.2 Å².